The summed E-state index contributed by atoms with van der Waals surface area (Å²) in [6.45, 7) is 5.33. The Balaban J connectivity index is 2.02. The Morgan fingerprint density at radius 3 is 2.58 bits per heavy atom. The molecule has 0 bridgehead atoms. The molecular weight excluding hydrogens is 241 g/mol. The molecule has 1 aliphatic carbocycles. The van der Waals surface area contributed by atoms with Crippen LogP contribution in [0.3, 0.4) is 0 Å². The van der Waals surface area contributed by atoms with Crippen LogP contribution in [-0.2, 0) is 0 Å². The highest BCUT2D eigenvalue weighted by atomic mass is 19.1. The molecule has 1 aromatic carbocycles. The van der Waals surface area contributed by atoms with Gasteiger partial charge >= 0.3 is 0 Å². The van der Waals surface area contributed by atoms with Crippen LogP contribution in [0.15, 0.2) is 24.3 Å². The second-order valence-corrected chi connectivity index (χ2v) is 5.36. The highest BCUT2D eigenvalue weighted by Crippen LogP contribution is 2.30. The van der Waals surface area contributed by atoms with Crippen molar-refractivity contribution in [2.45, 2.75) is 51.7 Å². The molecule has 0 aromatic heterocycles. The number of halogens is 1. The average Bonchev–Trinajstić information content (AvgIpc) is 2.43. The Bertz CT molecular complexity index is 379. The molecule has 1 saturated carbocycles. The average molecular weight is 265 g/mol. The van der Waals surface area contributed by atoms with Crippen molar-refractivity contribution in [3.63, 3.8) is 0 Å². The van der Waals surface area contributed by atoms with Crippen LogP contribution < -0.4 is 10.1 Å². The molecule has 1 N–H and O–H groups in total. The molecule has 1 fully saturated rings. The third kappa shape index (κ3) is 3.93. The number of hydrogen-bond donors (Lipinski definition) is 1. The minimum absolute atomic E-state index is 0.198. The van der Waals surface area contributed by atoms with Crippen molar-refractivity contribution < 1.29 is 9.13 Å². The maximum atomic E-state index is 12.9. The monoisotopic (exact) mass is 265 g/mol. The molecule has 0 amide bonds. The highest BCUT2D eigenvalue weighted by molar-refractivity contribution is 5.22. The van der Waals surface area contributed by atoms with Crippen molar-refractivity contribution in [1.82, 2.24) is 5.32 Å². The number of nitrogens with one attached hydrogen (secondary N) is 1. The zero-order valence-electron chi connectivity index (χ0n) is 11.9. The molecule has 1 aliphatic rings. The van der Waals surface area contributed by atoms with E-state index in [0.29, 0.717) is 6.04 Å². The summed E-state index contributed by atoms with van der Waals surface area (Å²) in [5, 5.41) is 3.51. The summed E-state index contributed by atoms with van der Waals surface area (Å²) < 4.78 is 19.0. The van der Waals surface area contributed by atoms with E-state index in [4.69, 9.17) is 4.74 Å². The van der Waals surface area contributed by atoms with Crippen molar-refractivity contribution in [3.8, 4) is 5.75 Å². The van der Waals surface area contributed by atoms with Crippen LogP contribution >= 0.6 is 0 Å². The molecule has 2 nitrogen and oxygen atoms in total. The van der Waals surface area contributed by atoms with Gasteiger partial charge in [-0.05, 0) is 56.0 Å². The van der Waals surface area contributed by atoms with Crippen LogP contribution in [0.25, 0.3) is 0 Å². The van der Waals surface area contributed by atoms with Gasteiger partial charge in [0.2, 0.25) is 0 Å². The maximum Gasteiger partial charge on any atom is 0.123 e. The lowest BCUT2D eigenvalue weighted by molar-refractivity contribution is 0.0855. The molecule has 2 rings (SSSR count). The van der Waals surface area contributed by atoms with Gasteiger partial charge in [0.1, 0.15) is 17.7 Å². The van der Waals surface area contributed by atoms with Gasteiger partial charge in [-0.25, -0.2) is 4.39 Å². The van der Waals surface area contributed by atoms with Gasteiger partial charge in [-0.2, -0.15) is 0 Å². The molecular formula is C16H24FNO. The Labute approximate surface area is 115 Å². The lowest BCUT2D eigenvalue weighted by atomic mass is 9.82. The fraction of sp³-hybridized carbons (Fsp3) is 0.625. The van der Waals surface area contributed by atoms with E-state index in [-0.39, 0.29) is 11.9 Å². The van der Waals surface area contributed by atoms with Crippen molar-refractivity contribution in [3.05, 3.63) is 30.1 Å². The number of ether oxygens (including phenoxy) is 1. The molecule has 3 unspecified atom stereocenters. The van der Waals surface area contributed by atoms with Crippen LogP contribution in [0.5, 0.6) is 5.75 Å². The second kappa shape index (κ2) is 6.90. The first-order valence-electron chi connectivity index (χ1n) is 7.38. The molecule has 19 heavy (non-hydrogen) atoms. The lowest BCUT2D eigenvalue weighted by Gasteiger charge is -2.36. The van der Waals surface area contributed by atoms with Crippen LogP contribution in [0.1, 0.15) is 39.5 Å². The van der Waals surface area contributed by atoms with Crippen molar-refractivity contribution in [2.24, 2.45) is 5.92 Å². The predicted molar refractivity (Wildman–Crippen MR) is 75.9 cm³/mol. The van der Waals surface area contributed by atoms with Crippen molar-refractivity contribution in [2.75, 3.05) is 6.54 Å². The van der Waals surface area contributed by atoms with E-state index in [0.717, 1.165) is 31.1 Å². The first-order chi connectivity index (χ1) is 9.22. The van der Waals surface area contributed by atoms with Crippen LogP contribution in [0, 0.1) is 11.7 Å². The quantitative estimate of drug-likeness (QED) is 0.875. The molecule has 106 valence electrons. The summed E-state index contributed by atoms with van der Waals surface area (Å²) in [6, 6.07) is 6.76. The smallest absolute Gasteiger partial charge is 0.123 e. The molecule has 0 radical (unpaired) electrons. The maximum absolute atomic E-state index is 12.9. The Morgan fingerprint density at radius 2 is 1.95 bits per heavy atom. The minimum atomic E-state index is -0.217. The fourth-order valence-electron chi connectivity index (χ4n) is 2.90. The molecule has 1 aromatic rings. The molecule has 0 saturated heterocycles. The standard InChI is InChI=1S/C16H24FNO/c1-3-12-5-10-15(18-4-2)16(11-12)19-14-8-6-13(17)7-9-14/h6-9,12,15-16,18H,3-5,10-11H2,1-2H3. The first kappa shape index (κ1) is 14.3. The van der Waals surface area contributed by atoms with Crippen LogP contribution in [-0.4, -0.2) is 18.7 Å². The Morgan fingerprint density at radius 1 is 1.21 bits per heavy atom. The first-order valence-corrected chi connectivity index (χ1v) is 7.38. The van der Waals surface area contributed by atoms with Gasteiger partial charge in [0.05, 0.1) is 0 Å². The van der Waals surface area contributed by atoms with Crippen molar-refractivity contribution >= 4 is 0 Å². The molecule has 0 spiro atoms. The van der Waals surface area contributed by atoms with E-state index in [9.17, 15) is 4.39 Å². The third-order valence-electron chi connectivity index (χ3n) is 4.05. The van der Waals surface area contributed by atoms with E-state index in [1.807, 2.05) is 0 Å². The van der Waals surface area contributed by atoms with Crippen LogP contribution in [0.2, 0.25) is 0 Å². The van der Waals surface area contributed by atoms with Gasteiger partial charge in [-0.3, -0.25) is 0 Å². The topological polar surface area (TPSA) is 21.3 Å². The fourth-order valence-corrected chi connectivity index (χ4v) is 2.90. The SMILES string of the molecule is CCNC1CCC(CC)CC1Oc1ccc(F)cc1. The van der Waals surface area contributed by atoms with Crippen LogP contribution in [0.4, 0.5) is 4.39 Å². The normalized spacial score (nSPS) is 27.2. The van der Waals surface area contributed by atoms with E-state index in [1.54, 1.807) is 12.1 Å². The minimum Gasteiger partial charge on any atom is -0.489 e. The third-order valence-corrected chi connectivity index (χ3v) is 4.05. The lowest BCUT2D eigenvalue weighted by Crippen LogP contribution is -2.47. The zero-order valence-corrected chi connectivity index (χ0v) is 11.9. The molecule has 3 heteroatoms. The van der Waals surface area contributed by atoms with Gasteiger partial charge in [0.15, 0.2) is 0 Å². The zero-order chi connectivity index (χ0) is 13.7. The molecule has 3 atom stereocenters. The predicted octanol–water partition coefficient (Wildman–Crippen LogP) is 3.76. The second-order valence-electron chi connectivity index (χ2n) is 5.36. The summed E-state index contributed by atoms with van der Waals surface area (Å²) in [4.78, 5) is 0. The summed E-state index contributed by atoms with van der Waals surface area (Å²) in [5.41, 5.74) is 0. The van der Waals surface area contributed by atoms with Gasteiger partial charge in [0, 0.05) is 6.04 Å². The van der Waals surface area contributed by atoms with E-state index >= 15 is 0 Å². The summed E-state index contributed by atoms with van der Waals surface area (Å²) in [5.74, 6) is 1.30. The molecule has 0 aliphatic heterocycles. The van der Waals surface area contributed by atoms with E-state index in [2.05, 4.69) is 19.2 Å². The van der Waals surface area contributed by atoms with Gasteiger partial charge < -0.3 is 10.1 Å². The van der Waals surface area contributed by atoms with Gasteiger partial charge in [-0.15, -0.1) is 0 Å². The van der Waals surface area contributed by atoms with Gasteiger partial charge in [-0.1, -0.05) is 20.3 Å². The summed E-state index contributed by atoms with van der Waals surface area (Å²) in [7, 11) is 0. The van der Waals surface area contributed by atoms with Crippen molar-refractivity contribution in [1.29, 1.82) is 0 Å². The molecule has 0 heterocycles. The number of hydrogen-bond acceptors (Lipinski definition) is 2. The Hall–Kier alpha value is -1.09. The largest absolute Gasteiger partial charge is 0.489 e. The summed E-state index contributed by atoms with van der Waals surface area (Å²) >= 11 is 0. The van der Waals surface area contributed by atoms with E-state index < -0.39 is 0 Å². The number of likely N-dealkylation sites (N-methyl/N-ethyl adjacent to an activating group) is 1. The Kier molecular flexibility index (Phi) is 5.20. The highest BCUT2D eigenvalue weighted by Gasteiger charge is 2.30. The number of rotatable bonds is 5. The summed E-state index contributed by atoms with van der Waals surface area (Å²) in [6.07, 6.45) is 4.94. The van der Waals surface area contributed by atoms with E-state index in [1.165, 1.54) is 25.0 Å². The number of benzene rings is 1. The van der Waals surface area contributed by atoms with Gasteiger partial charge in [0.25, 0.3) is 0 Å².